The van der Waals surface area contributed by atoms with Gasteiger partial charge in [0, 0.05) is 37.5 Å². The average Bonchev–Trinajstić information content (AvgIpc) is 3.69. The quantitative estimate of drug-likeness (QED) is 0.154. The molecule has 4 heterocycles. The van der Waals surface area contributed by atoms with Crippen LogP contribution in [0, 0.1) is 18.2 Å². The number of benzene rings is 2. The molecule has 2 atom stereocenters. The predicted molar refractivity (Wildman–Crippen MR) is 171 cm³/mol. The number of anilines is 2. The molecule has 0 radical (unpaired) electrons. The second-order valence-electron chi connectivity index (χ2n) is 12.7. The lowest BCUT2D eigenvalue weighted by Gasteiger charge is -2.39. The molecule has 3 N–H and O–H groups in total. The molecule has 0 unspecified atom stereocenters. The van der Waals surface area contributed by atoms with Crippen LogP contribution in [0.1, 0.15) is 49.1 Å². The largest absolute Gasteiger partial charge is 0.465 e. The molecule has 10 nitrogen and oxygen atoms in total. The third kappa shape index (κ3) is 7.87. The first-order valence-electron chi connectivity index (χ1n) is 16.1. The molecule has 0 bridgehead atoms. The van der Waals surface area contributed by atoms with E-state index in [1.165, 1.54) is 24.4 Å². The smallest absolute Gasteiger partial charge is 0.429 e. The first kappa shape index (κ1) is 35.9. The summed E-state index contributed by atoms with van der Waals surface area (Å²) in [6.45, 7) is 5.22. The fourth-order valence-electron chi connectivity index (χ4n) is 6.61. The van der Waals surface area contributed by atoms with Crippen LogP contribution in [0.2, 0.25) is 0 Å². The Hall–Kier alpha value is -4.93. The Kier molecular flexibility index (Phi) is 9.61. The van der Waals surface area contributed by atoms with Crippen molar-refractivity contribution in [2.45, 2.75) is 57.6 Å². The van der Waals surface area contributed by atoms with Gasteiger partial charge in [0.2, 0.25) is 17.9 Å². The van der Waals surface area contributed by atoms with Gasteiger partial charge in [-0.15, -0.1) is 0 Å². The first-order valence-corrected chi connectivity index (χ1v) is 16.1. The highest BCUT2D eigenvalue weighted by Crippen LogP contribution is 2.43. The van der Waals surface area contributed by atoms with Crippen molar-refractivity contribution in [3.05, 3.63) is 77.4 Å². The molecule has 4 aromatic rings. The van der Waals surface area contributed by atoms with Gasteiger partial charge in [-0.3, -0.25) is 4.79 Å². The number of nitrogen functional groups attached to an aromatic ring is 1. The van der Waals surface area contributed by atoms with E-state index in [-0.39, 0.29) is 46.6 Å². The maximum Gasteiger partial charge on any atom is 0.429 e. The molecule has 2 fully saturated rings. The molecule has 2 aromatic heterocycles. The second-order valence-corrected chi connectivity index (χ2v) is 12.7. The highest BCUT2D eigenvalue weighted by Gasteiger charge is 2.46. The Morgan fingerprint density at radius 1 is 1.04 bits per heavy atom. The van der Waals surface area contributed by atoms with Gasteiger partial charge in [-0.1, -0.05) is 12.1 Å². The van der Waals surface area contributed by atoms with E-state index in [0.717, 1.165) is 22.9 Å². The first-order chi connectivity index (χ1) is 24.0. The van der Waals surface area contributed by atoms with Crippen molar-refractivity contribution in [3.63, 3.8) is 0 Å². The van der Waals surface area contributed by atoms with Crippen molar-refractivity contribution in [2.24, 2.45) is 5.41 Å². The van der Waals surface area contributed by atoms with Crippen molar-refractivity contribution < 1.29 is 45.0 Å². The minimum Gasteiger partial charge on any atom is -0.465 e. The van der Waals surface area contributed by atoms with Gasteiger partial charge >= 0.3 is 18.3 Å². The van der Waals surface area contributed by atoms with E-state index in [1.54, 1.807) is 13.8 Å². The number of aromatic nitrogens is 4. The maximum absolute atomic E-state index is 14.9. The third-order valence-corrected chi connectivity index (χ3v) is 9.16. The van der Waals surface area contributed by atoms with Crippen LogP contribution in [-0.2, 0) is 15.7 Å². The Balaban J connectivity index is 1.30. The number of hydrogen-bond donors (Lipinski definition) is 2. The fourth-order valence-corrected chi connectivity index (χ4v) is 6.61. The van der Waals surface area contributed by atoms with E-state index in [2.05, 4.69) is 20.4 Å². The molecule has 2 aliphatic rings. The highest BCUT2D eigenvalue weighted by atomic mass is 19.4. The second kappa shape index (κ2) is 13.7. The van der Waals surface area contributed by atoms with Gasteiger partial charge in [0.15, 0.2) is 0 Å². The summed E-state index contributed by atoms with van der Waals surface area (Å²) in [6, 6.07) is 7.68. The summed E-state index contributed by atoms with van der Waals surface area (Å²) in [4.78, 5) is 22.3. The van der Waals surface area contributed by atoms with E-state index < -0.39 is 47.3 Å². The number of piperidine rings is 1. The minimum atomic E-state index is -5.02. The van der Waals surface area contributed by atoms with Crippen LogP contribution in [0.3, 0.4) is 0 Å². The van der Waals surface area contributed by atoms with Crippen molar-refractivity contribution in [1.29, 1.82) is 0 Å². The van der Waals surface area contributed by atoms with Gasteiger partial charge in [-0.2, -0.15) is 41.4 Å². The number of aryl methyl sites for hydroxylation is 1. The average molecular weight is 722 g/mol. The number of carbonyl (C=O) groups is 1. The normalized spacial score (nSPS) is 18.2. The molecule has 1 spiro atoms. The molecule has 17 heteroatoms. The number of nitrogens with zero attached hydrogens (tertiary/aromatic N) is 5. The number of esters is 1. The number of ether oxygens (including phenoxy) is 2. The van der Waals surface area contributed by atoms with Crippen LogP contribution < -0.4 is 20.7 Å². The lowest BCUT2D eigenvalue weighted by molar-refractivity contribution is -0.198. The molecule has 272 valence electrons. The van der Waals surface area contributed by atoms with E-state index in [1.807, 2.05) is 4.90 Å². The third-order valence-electron chi connectivity index (χ3n) is 9.16. The van der Waals surface area contributed by atoms with Crippen LogP contribution >= 0.6 is 0 Å². The number of nitrogens with one attached hydrogen (secondary N) is 1. The van der Waals surface area contributed by atoms with E-state index in [9.17, 15) is 35.5 Å². The zero-order valence-electron chi connectivity index (χ0n) is 27.5. The van der Waals surface area contributed by atoms with Crippen molar-refractivity contribution >= 4 is 17.7 Å². The van der Waals surface area contributed by atoms with Gasteiger partial charge in [0.25, 0.3) is 0 Å². The van der Waals surface area contributed by atoms with E-state index in [0.29, 0.717) is 56.7 Å². The van der Waals surface area contributed by atoms with Gasteiger partial charge in [0.05, 0.1) is 23.6 Å². The van der Waals surface area contributed by atoms with Crippen molar-refractivity contribution in [1.82, 2.24) is 25.1 Å². The van der Waals surface area contributed by atoms with E-state index >= 15 is 0 Å². The number of hydrogen-bond acceptors (Lipinski definition) is 9. The van der Waals surface area contributed by atoms with Crippen LogP contribution in [-0.4, -0.2) is 64.2 Å². The van der Waals surface area contributed by atoms with E-state index in [4.69, 9.17) is 15.2 Å². The molecule has 2 saturated heterocycles. The molecule has 6 rings (SSSR count). The van der Waals surface area contributed by atoms with Crippen LogP contribution in [0.4, 0.5) is 42.5 Å². The SMILES string of the molecule is CCOC(=O)[C@@H]1CC2(CCN(c3cc(O[C@H](c4ccc(-c5cc(F)cc(C(F)(F)F)c5)cc4-n4ccc(C)n4)C(F)(F)F)nc(N)n3)CC2)CN1. The standard InChI is InChI=1S/C34H34F7N7O3/c1-3-50-30(49)25-17-32(18-43-25)7-10-47(11-8-32)27-16-28(45-31(42)44-27)51-29(34(39,40)41)24-5-4-20(14-26(24)48-9-6-19(2)46-48)21-12-22(33(36,37)38)15-23(35)13-21/h4-6,9,12-16,25,29,43H,3,7-8,10-11,17-18H2,1-2H3,(H2,42,44,45)/t25-,29+/m0/s1. The lowest BCUT2D eigenvalue weighted by atomic mass is 9.76. The molecule has 51 heavy (non-hydrogen) atoms. The number of alkyl halides is 6. The molecule has 0 amide bonds. The fraction of sp³-hybridized carbons (Fsp3) is 0.412. The van der Waals surface area contributed by atoms with Crippen molar-refractivity contribution in [3.8, 4) is 22.7 Å². The number of carbonyl (C=O) groups excluding carboxylic acids is 1. The predicted octanol–water partition coefficient (Wildman–Crippen LogP) is 6.57. The number of nitrogens with two attached hydrogens (primary N) is 1. The van der Waals surface area contributed by atoms with Crippen molar-refractivity contribution in [2.75, 3.05) is 36.9 Å². The Bertz CT molecular complexity index is 1910. The lowest BCUT2D eigenvalue weighted by Crippen LogP contribution is -2.41. The maximum atomic E-state index is 14.9. The number of halogens is 7. The monoisotopic (exact) mass is 721 g/mol. The molecule has 2 aliphatic heterocycles. The van der Waals surface area contributed by atoms with Crippen LogP contribution in [0.15, 0.2) is 54.7 Å². The van der Waals surface area contributed by atoms with Crippen LogP contribution in [0.5, 0.6) is 5.88 Å². The molecule has 0 aliphatic carbocycles. The topological polar surface area (TPSA) is 120 Å². The Morgan fingerprint density at radius 2 is 1.78 bits per heavy atom. The van der Waals surface area contributed by atoms with Gasteiger partial charge in [-0.05, 0) is 80.0 Å². The van der Waals surface area contributed by atoms with Gasteiger partial charge in [0.1, 0.15) is 17.7 Å². The number of rotatable bonds is 8. The van der Waals surface area contributed by atoms with Gasteiger partial charge in [-0.25, -0.2) is 9.07 Å². The summed E-state index contributed by atoms with van der Waals surface area (Å²) in [7, 11) is 0. The Labute approximate surface area is 287 Å². The zero-order valence-corrected chi connectivity index (χ0v) is 27.5. The molecular formula is C34H34F7N7O3. The highest BCUT2D eigenvalue weighted by molar-refractivity contribution is 5.76. The molecule has 2 aromatic carbocycles. The zero-order chi connectivity index (χ0) is 36.7. The summed E-state index contributed by atoms with van der Waals surface area (Å²) < 4.78 is 111. The summed E-state index contributed by atoms with van der Waals surface area (Å²) in [5.74, 6) is -1.99. The summed E-state index contributed by atoms with van der Waals surface area (Å²) >= 11 is 0. The van der Waals surface area contributed by atoms with Crippen LogP contribution in [0.25, 0.3) is 16.8 Å². The summed E-state index contributed by atoms with van der Waals surface area (Å²) in [5.41, 5.74) is 4.19. The summed E-state index contributed by atoms with van der Waals surface area (Å²) in [5, 5.41) is 7.46. The summed E-state index contributed by atoms with van der Waals surface area (Å²) in [6.07, 6.45) is -9.18. The van der Waals surface area contributed by atoms with Gasteiger partial charge < -0.3 is 25.4 Å². The molecular weight excluding hydrogens is 687 g/mol. The minimum absolute atomic E-state index is 0.00954. The Morgan fingerprint density at radius 3 is 2.43 bits per heavy atom. The molecule has 0 saturated carbocycles.